The minimum Gasteiger partial charge on any atom is -0.489 e. The molecule has 28 heavy (non-hydrogen) atoms. The van der Waals surface area contributed by atoms with Crippen molar-refractivity contribution in [3.63, 3.8) is 0 Å². The van der Waals surface area contributed by atoms with E-state index in [0.29, 0.717) is 11.1 Å². The SMILES string of the molecule is CCc1cnc(N2CCC(Oc3ccc(CN4CC(N)C4)cc3Cl)CC2)nc1. The molecule has 2 N–H and O–H groups in total. The summed E-state index contributed by atoms with van der Waals surface area (Å²) >= 11 is 6.48. The van der Waals surface area contributed by atoms with E-state index in [-0.39, 0.29) is 6.10 Å². The number of aromatic nitrogens is 2. The molecule has 2 saturated heterocycles. The van der Waals surface area contributed by atoms with Crippen molar-refractivity contribution < 1.29 is 4.74 Å². The molecule has 0 atom stereocenters. The second kappa shape index (κ2) is 8.64. The van der Waals surface area contributed by atoms with Gasteiger partial charge in [-0.15, -0.1) is 0 Å². The molecule has 0 aliphatic carbocycles. The zero-order valence-electron chi connectivity index (χ0n) is 16.4. The second-order valence-electron chi connectivity index (χ2n) is 7.77. The van der Waals surface area contributed by atoms with Gasteiger partial charge in [0.15, 0.2) is 0 Å². The first-order chi connectivity index (χ1) is 13.6. The van der Waals surface area contributed by atoms with Crippen LogP contribution in [0.25, 0.3) is 0 Å². The van der Waals surface area contributed by atoms with Crippen molar-refractivity contribution in [3.05, 3.63) is 46.7 Å². The van der Waals surface area contributed by atoms with Gasteiger partial charge in [0.25, 0.3) is 0 Å². The van der Waals surface area contributed by atoms with E-state index in [1.807, 2.05) is 24.5 Å². The molecule has 3 heterocycles. The fourth-order valence-electron chi connectivity index (χ4n) is 3.78. The van der Waals surface area contributed by atoms with Crippen LogP contribution in [0.15, 0.2) is 30.6 Å². The number of hydrogen-bond acceptors (Lipinski definition) is 6. The molecule has 0 bridgehead atoms. The van der Waals surface area contributed by atoms with E-state index in [1.165, 1.54) is 5.56 Å². The number of nitrogens with two attached hydrogens (primary N) is 1. The maximum Gasteiger partial charge on any atom is 0.225 e. The summed E-state index contributed by atoms with van der Waals surface area (Å²) in [6.07, 6.45) is 6.83. The average Bonchev–Trinajstić information content (AvgIpc) is 2.69. The van der Waals surface area contributed by atoms with Gasteiger partial charge >= 0.3 is 0 Å². The average molecular weight is 402 g/mol. The number of anilines is 1. The molecular weight excluding hydrogens is 374 g/mol. The Morgan fingerprint density at radius 1 is 1.14 bits per heavy atom. The van der Waals surface area contributed by atoms with E-state index in [4.69, 9.17) is 22.1 Å². The summed E-state index contributed by atoms with van der Waals surface area (Å²) in [5, 5.41) is 0.684. The van der Waals surface area contributed by atoms with Gasteiger partial charge in [0.1, 0.15) is 11.9 Å². The molecule has 0 amide bonds. The lowest BCUT2D eigenvalue weighted by Crippen LogP contribution is -2.54. The first kappa shape index (κ1) is 19.4. The highest BCUT2D eigenvalue weighted by atomic mass is 35.5. The zero-order chi connectivity index (χ0) is 19.5. The van der Waals surface area contributed by atoms with Crippen molar-refractivity contribution in [3.8, 4) is 5.75 Å². The third-order valence-corrected chi connectivity index (χ3v) is 5.80. The van der Waals surface area contributed by atoms with Gasteiger partial charge in [0.05, 0.1) is 5.02 Å². The molecular formula is C21H28ClN5O. The topological polar surface area (TPSA) is 67.5 Å². The van der Waals surface area contributed by atoms with Crippen molar-refractivity contribution in [1.82, 2.24) is 14.9 Å². The van der Waals surface area contributed by atoms with Crippen LogP contribution >= 0.6 is 11.6 Å². The van der Waals surface area contributed by atoms with Crippen LogP contribution < -0.4 is 15.4 Å². The Balaban J connectivity index is 1.29. The Morgan fingerprint density at radius 3 is 2.46 bits per heavy atom. The van der Waals surface area contributed by atoms with Gasteiger partial charge in [0.2, 0.25) is 5.95 Å². The van der Waals surface area contributed by atoms with Gasteiger partial charge < -0.3 is 15.4 Å². The second-order valence-corrected chi connectivity index (χ2v) is 8.18. The lowest BCUT2D eigenvalue weighted by atomic mass is 10.1. The normalized spacial score (nSPS) is 18.9. The molecule has 6 nitrogen and oxygen atoms in total. The number of ether oxygens (including phenoxy) is 1. The smallest absolute Gasteiger partial charge is 0.225 e. The predicted octanol–water partition coefficient (Wildman–Crippen LogP) is 2.88. The highest BCUT2D eigenvalue weighted by Gasteiger charge is 2.24. The van der Waals surface area contributed by atoms with Crippen LogP contribution in [-0.4, -0.2) is 53.2 Å². The Morgan fingerprint density at radius 2 is 1.86 bits per heavy atom. The van der Waals surface area contributed by atoms with Crippen LogP contribution in [0, 0.1) is 0 Å². The van der Waals surface area contributed by atoms with Crippen LogP contribution in [0.4, 0.5) is 5.95 Å². The minimum atomic E-state index is 0.169. The van der Waals surface area contributed by atoms with E-state index < -0.39 is 0 Å². The molecule has 2 aliphatic heterocycles. The van der Waals surface area contributed by atoms with E-state index in [2.05, 4.69) is 32.8 Å². The number of hydrogen-bond donors (Lipinski definition) is 1. The van der Waals surface area contributed by atoms with E-state index >= 15 is 0 Å². The molecule has 0 unspecified atom stereocenters. The number of likely N-dealkylation sites (tertiary alicyclic amines) is 1. The molecule has 4 rings (SSSR count). The van der Waals surface area contributed by atoms with Gasteiger partial charge in [-0.3, -0.25) is 4.90 Å². The van der Waals surface area contributed by atoms with Gasteiger partial charge in [-0.1, -0.05) is 24.6 Å². The largest absolute Gasteiger partial charge is 0.489 e. The third kappa shape index (κ3) is 4.57. The van der Waals surface area contributed by atoms with E-state index in [9.17, 15) is 0 Å². The lowest BCUT2D eigenvalue weighted by Gasteiger charge is -2.36. The molecule has 2 fully saturated rings. The monoisotopic (exact) mass is 401 g/mol. The Labute approximate surface area is 171 Å². The molecule has 1 aromatic carbocycles. The maximum atomic E-state index is 6.48. The standard InChI is InChI=1S/C21H28ClN5O/c1-2-15-10-24-21(25-11-15)27-7-5-18(6-8-27)28-20-4-3-16(9-19(20)22)12-26-13-17(23)14-26/h3-4,9-11,17-18H,2,5-8,12-14,23H2,1H3. The van der Waals surface area contributed by atoms with Crippen molar-refractivity contribution in [2.45, 2.75) is 44.9 Å². The molecule has 0 spiro atoms. The molecule has 0 saturated carbocycles. The summed E-state index contributed by atoms with van der Waals surface area (Å²) in [6, 6.07) is 6.43. The Hall–Kier alpha value is -1.89. The van der Waals surface area contributed by atoms with Crippen LogP contribution in [0.5, 0.6) is 5.75 Å². The van der Waals surface area contributed by atoms with Gasteiger partial charge in [-0.05, 0) is 29.7 Å². The molecule has 0 radical (unpaired) electrons. The highest BCUT2D eigenvalue weighted by Crippen LogP contribution is 2.29. The minimum absolute atomic E-state index is 0.169. The van der Waals surface area contributed by atoms with Gasteiger partial charge in [-0.25, -0.2) is 9.97 Å². The van der Waals surface area contributed by atoms with Crippen LogP contribution in [0.1, 0.15) is 30.9 Å². The molecule has 150 valence electrons. The number of rotatable bonds is 6. The summed E-state index contributed by atoms with van der Waals surface area (Å²) in [4.78, 5) is 13.5. The van der Waals surface area contributed by atoms with Gasteiger partial charge in [0, 0.05) is 64.0 Å². The van der Waals surface area contributed by atoms with Crippen molar-refractivity contribution in [2.75, 3.05) is 31.1 Å². The number of aryl methyl sites for hydroxylation is 1. The Kier molecular flexibility index (Phi) is 5.99. The number of nitrogens with zero attached hydrogens (tertiary/aromatic N) is 4. The fourth-order valence-corrected chi connectivity index (χ4v) is 4.03. The Bertz CT molecular complexity index is 786. The zero-order valence-corrected chi connectivity index (χ0v) is 17.1. The summed E-state index contributed by atoms with van der Waals surface area (Å²) in [7, 11) is 0. The number of halogens is 1. The van der Waals surface area contributed by atoms with E-state index in [0.717, 1.165) is 69.2 Å². The summed E-state index contributed by atoms with van der Waals surface area (Å²) in [5.41, 5.74) is 8.21. The molecule has 7 heteroatoms. The quantitative estimate of drug-likeness (QED) is 0.802. The fraction of sp³-hybridized carbons (Fsp3) is 0.524. The molecule has 1 aromatic heterocycles. The molecule has 2 aromatic rings. The number of piperidine rings is 1. The van der Waals surface area contributed by atoms with Crippen molar-refractivity contribution in [1.29, 1.82) is 0 Å². The summed E-state index contributed by atoms with van der Waals surface area (Å²) < 4.78 is 6.19. The summed E-state index contributed by atoms with van der Waals surface area (Å²) in [5.74, 6) is 1.58. The van der Waals surface area contributed by atoms with Crippen LogP contribution in [0.2, 0.25) is 5.02 Å². The van der Waals surface area contributed by atoms with Crippen LogP contribution in [0.3, 0.4) is 0 Å². The predicted molar refractivity (Wildman–Crippen MR) is 112 cm³/mol. The number of benzene rings is 1. The molecule has 2 aliphatic rings. The highest BCUT2D eigenvalue weighted by molar-refractivity contribution is 6.32. The van der Waals surface area contributed by atoms with Crippen molar-refractivity contribution >= 4 is 17.5 Å². The third-order valence-electron chi connectivity index (χ3n) is 5.51. The maximum absolute atomic E-state index is 6.48. The van der Waals surface area contributed by atoms with Crippen molar-refractivity contribution in [2.24, 2.45) is 5.73 Å². The first-order valence-corrected chi connectivity index (χ1v) is 10.5. The lowest BCUT2D eigenvalue weighted by molar-refractivity contribution is 0.142. The summed E-state index contributed by atoms with van der Waals surface area (Å²) in [6.45, 7) is 6.70. The first-order valence-electron chi connectivity index (χ1n) is 10.1. The van der Waals surface area contributed by atoms with Gasteiger partial charge in [-0.2, -0.15) is 0 Å². The van der Waals surface area contributed by atoms with E-state index in [1.54, 1.807) is 0 Å². The van der Waals surface area contributed by atoms with Crippen LogP contribution in [-0.2, 0) is 13.0 Å².